The Kier molecular flexibility index (Phi) is 3.89. The minimum absolute atomic E-state index is 0.219. The lowest BCUT2D eigenvalue weighted by Crippen LogP contribution is -2.13. The van der Waals surface area contributed by atoms with Gasteiger partial charge in [0, 0.05) is 17.1 Å². The molecule has 0 aromatic heterocycles. The third-order valence-electron chi connectivity index (χ3n) is 3.14. The average molecular weight is 248 g/mol. The summed E-state index contributed by atoms with van der Waals surface area (Å²) in [5, 5.41) is 0. The Morgan fingerprint density at radius 1 is 1.18 bits per heavy atom. The summed E-state index contributed by atoms with van der Waals surface area (Å²) in [5.41, 5.74) is 1.91. The van der Waals surface area contributed by atoms with E-state index in [-0.39, 0.29) is 5.78 Å². The normalized spacial score (nSPS) is 18.3. The number of carbonyl (C=O) groups is 1. The number of Topliss-reactive ketones (excluding diaryl/α,β-unsaturated/α-hetero) is 1. The van der Waals surface area contributed by atoms with Crippen LogP contribution in [0.3, 0.4) is 0 Å². The van der Waals surface area contributed by atoms with Crippen molar-refractivity contribution in [1.82, 2.24) is 0 Å². The molecule has 0 aliphatic heterocycles. The van der Waals surface area contributed by atoms with Crippen LogP contribution in [0.5, 0.6) is 0 Å². The Balaban J connectivity index is 2.14. The van der Waals surface area contributed by atoms with Gasteiger partial charge in [-0.1, -0.05) is 23.8 Å². The largest absolute Gasteiger partial charge is 0.295 e. The second kappa shape index (κ2) is 5.41. The highest BCUT2D eigenvalue weighted by atomic mass is 32.2. The maximum Gasteiger partial charge on any atom is 0.158 e. The molecule has 0 N–H and O–H groups in total. The van der Waals surface area contributed by atoms with Crippen LogP contribution in [0.2, 0.25) is 0 Å². The van der Waals surface area contributed by atoms with Crippen molar-refractivity contribution < 1.29 is 9.00 Å². The second-order valence-corrected chi connectivity index (χ2v) is 5.76. The first kappa shape index (κ1) is 12.2. The standard InChI is InChI=1S/C14H16O2S/c1-11-12(6-5-9-14(11)15)10-17(16)13-7-3-2-4-8-13/h2-4,7-8H,5-6,9-10H2,1H3. The molecule has 2 rings (SSSR count). The molecule has 0 saturated carbocycles. The van der Waals surface area contributed by atoms with E-state index < -0.39 is 10.8 Å². The van der Waals surface area contributed by atoms with Crippen molar-refractivity contribution in [2.75, 3.05) is 5.75 Å². The predicted molar refractivity (Wildman–Crippen MR) is 69.3 cm³/mol. The maximum atomic E-state index is 12.1. The Morgan fingerprint density at radius 2 is 1.88 bits per heavy atom. The van der Waals surface area contributed by atoms with Gasteiger partial charge in [-0.3, -0.25) is 9.00 Å². The van der Waals surface area contributed by atoms with E-state index in [0.717, 1.165) is 28.9 Å². The third-order valence-corrected chi connectivity index (χ3v) is 4.55. The van der Waals surface area contributed by atoms with Gasteiger partial charge in [-0.15, -0.1) is 0 Å². The minimum Gasteiger partial charge on any atom is -0.295 e. The van der Waals surface area contributed by atoms with Crippen LogP contribution in [-0.4, -0.2) is 15.7 Å². The number of carbonyl (C=O) groups excluding carboxylic acids is 1. The summed E-state index contributed by atoms with van der Waals surface area (Å²) in [4.78, 5) is 12.4. The van der Waals surface area contributed by atoms with Crippen LogP contribution in [-0.2, 0) is 15.6 Å². The number of allylic oxidation sites excluding steroid dienone is 1. The zero-order valence-corrected chi connectivity index (χ0v) is 10.8. The molecule has 17 heavy (non-hydrogen) atoms. The summed E-state index contributed by atoms with van der Waals surface area (Å²) >= 11 is 0. The van der Waals surface area contributed by atoms with Gasteiger partial charge in [0.2, 0.25) is 0 Å². The molecule has 0 saturated heterocycles. The molecule has 1 aromatic rings. The summed E-state index contributed by atoms with van der Waals surface area (Å²) in [5.74, 6) is 0.720. The molecule has 1 aliphatic carbocycles. The van der Waals surface area contributed by atoms with Gasteiger partial charge in [0.05, 0.1) is 10.8 Å². The van der Waals surface area contributed by atoms with Crippen LogP contribution in [0.15, 0.2) is 46.4 Å². The van der Waals surface area contributed by atoms with E-state index in [1.807, 2.05) is 37.3 Å². The fourth-order valence-electron chi connectivity index (χ4n) is 2.03. The molecule has 3 heteroatoms. The monoisotopic (exact) mass is 248 g/mol. The van der Waals surface area contributed by atoms with E-state index >= 15 is 0 Å². The highest BCUT2D eigenvalue weighted by molar-refractivity contribution is 7.85. The molecule has 1 aromatic carbocycles. The fourth-order valence-corrected chi connectivity index (χ4v) is 3.33. The van der Waals surface area contributed by atoms with Crippen LogP contribution >= 0.6 is 0 Å². The summed E-state index contributed by atoms with van der Waals surface area (Å²) in [6, 6.07) is 9.43. The highest BCUT2D eigenvalue weighted by Gasteiger charge is 2.18. The third kappa shape index (κ3) is 2.91. The van der Waals surface area contributed by atoms with E-state index in [2.05, 4.69) is 0 Å². The van der Waals surface area contributed by atoms with Crippen molar-refractivity contribution in [1.29, 1.82) is 0 Å². The highest BCUT2D eigenvalue weighted by Crippen LogP contribution is 2.23. The van der Waals surface area contributed by atoms with Gasteiger partial charge in [0.1, 0.15) is 0 Å². The Hall–Kier alpha value is -1.22. The quantitative estimate of drug-likeness (QED) is 0.824. The lowest BCUT2D eigenvalue weighted by atomic mass is 9.93. The van der Waals surface area contributed by atoms with Crippen LogP contribution < -0.4 is 0 Å². The maximum absolute atomic E-state index is 12.1. The molecule has 90 valence electrons. The molecule has 0 bridgehead atoms. The summed E-state index contributed by atoms with van der Waals surface area (Å²) in [6.45, 7) is 1.86. The molecule has 0 radical (unpaired) electrons. The summed E-state index contributed by atoms with van der Waals surface area (Å²) in [6.07, 6.45) is 2.46. The van der Waals surface area contributed by atoms with Gasteiger partial charge in [0.15, 0.2) is 5.78 Å². The lowest BCUT2D eigenvalue weighted by Gasteiger charge is -2.16. The van der Waals surface area contributed by atoms with E-state index in [4.69, 9.17) is 0 Å². The van der Waals surface area contributed by atoms with E-state index in [0.29, 0.717) is 12.2 Å². The molecule has 0 heterocycles. The van der Waals surface area contributed by atoms with E-state index in [1.54, 1.807) is 0 Å². The van der Waals surface area contributed by atoms with E-state index in [1.165, 1.54) is 0 Å². The number of rotatable bonds is 3. The van der Waals surface area contributed by atoms with Crippen molar-refractivity contribution >= 4 is 16.6 Å². The van der Waals surface area contributed by atoms with Crippen LogP contribution in [0.1, 0.15) is 26.2 Å². The predicted octanol–water partition coefficient (Wildman–Crippen LogP) is 2.86. The zero-order chi connectivity index (χ0) is 12.3. The average Bonchev–Trinajstić information content (AvgIpc) is 2.36. The topological polar surface area (TPSA) is 34.1 Å². The number of benzene rings is 1. The van der Waals surface area contributed by atoms with Crippen molar-refractivity contribution in [3.05, 3.63) is 41.5 Å². The van der Waals surface area contributed by atoms with Crippen LogP contribution in [0.4, 0.5) is 0 Å². The van der Waals surface area contributed by atoms with Crippen molar-refractivity contribution in [2.45, 2.75) is 31.1 Å². The van der Waals surface area contributed by atoms with Gasteiger partial charge in [-0.2, -0.15) is 0 Å². The van der Waals surface area contributed by atoms with Crippen molar-refractivity contribution in [2.24, 2.45) is 0 Å². The number of hydrogen-bond donors (Lipinski definition) is 0. The number of ketones is 1. The summed E-state index contributed by atoms with van der Waals surface area (Å²) < 4.78 is 12.1. The molecule has 1 unspecified atom stereocenters. The molecule has 0 fully saturated rings. The SMILES string of the molecule is CC1=C(CS(=O)c2ccccc2)CCCC1=O. The van der Waals surface area contributed by atoms with Gasteiger partial charge < -0.3 is 0 Å². The summed E-state index contributed by atoms with van der Waals surface area (Å²) in [7, 11) is -1.03. The molecule has 2 nitrogen and oxygen atoms in total. The van der Waals surface area contributed by atoms with Crippen LogP contribution in [0.25, 0.3) is 0 Å². The van der Waals surface area contributed by atoms with Gasteiger partial charge >= 0.3 is 0 Å². The first-order valence-electron chi connectivity index (χ1n) is 5.83. The van der Waals surface area contributed by atoms with Crippen LogP contribution in [0, 0.1) is 0 Å². The molecular formula is C14H16O2S. The Labute approximate surface area is 104 Å². The fraction of sp³-hybridized carbons (Fsp3) is 0.357. The second-order valence-electron chi connectivity index (χ2n) is 4.31. The first-order valence-corrected chi connectivity index (χ1v) is 7.15. The van der Waals surface area contributed by atoms with Gasteiger partial charge in [-0.25, -0.2) is 0 Å². The Bertz CT molecular complexity index is 474. The smallest absolute Gasteiger partial charge is 0.158 e. The Morgan fingerprint density at radius 3 is 2.59 bits per heavy atom. The molecule has 1 atom stereocenters. The molecule has 0 spiro atoms. The lowest BCUT2D eigenvalue weighted by molar-refractivity contribution is -0.116. The number of hydrogen-bond acceptors (Lipinski definition) is 2. The zero-order valence-electron chi connectivity index (χ0n) is 9.94. The first-order chi connectivity index (χ1) is 8.18. The van der Waals surface area contributed by atoms with E-state index in [9.17, 15) is 9.00 Å². The molecular weight excluding hydrogens is 232 g/mol. The van der Waals surface area contributed by atoms with Gasteiger partial charge in [0.25, 0.3) is 0 Å². The van der Waals surface area contributed by atoms with Crippen molar-refractivity contribution in [3.8, 4) is 0 Å². The molecule has 0 amide bonds. The molecule has 1 aliphatic rings. The minimum atomic E-state index is -1.03. The van der Waals surface area contributed by atoms with Crippen molar-refractivity contribution in [3.63, 3.8) is 0 Å². The van der Waals surface area contributed by atoms with Gasteiger partial charge in [-0.05, 0) is 37.5 Å².